The first-order chi connectivity index (χ1) is 32.7. The molecule has 5 unspecified atom stereocenters. The number of nitrogens with zero attached hydrogens (tertiary/aromatic N) is 1. The summed E-state index contributed by atoms with van der Waals surface area (Å²) in [5, 5.41) is 5.04. The fraction of sp³-hybridized carbons (Fsp3) is 0.481. The minimum absolute atomic E-state index is 0. The molecule has 0 fully saturated rings. The number of rotatable bonds is 7. The van der Waals surface area contributed by atoms with Gasteiger partial charge in [0.25, 0.3) is 0 Å². The van der Waals surface area contributed by atoms with E-state index >= 15 is 0 Å². The van der Waals surface area contributed by atoms with Gasteiger partial charge in [0.05, 0.1) is 58.5 Å². The smallest absolute Gasteiger partial charge is 1.00 e. The maximum atomic E-state index is 12.9. The van der Waals surface area contributed by atoms with Crippen LogP contribution in [0.1, 0.15) is 167 Å². The van der Waals surface area contributed by atoms with Gasteiger partial charge in [0.2, 0.25) is 0 Å². The molecule has 0 aliphatic carbocycles. The van der Waals surface area contributed by atoms with E-state index in [1.807, 2.05) is 41.5 Å². The van der Waals surface area contributed by atoms with Crippen LogP contribution in [0.25, 0.3) is 0 Å². The Morgan fingerprint density at radius 3 is 1.13 bits per heavy atom. The molecular formula is C52H73BrF12MgN4O4S3. The molecule has 5 atom stereocenters. The van der Waals surface area contributed by atoms with Crippen molar-refractivity contribution < 1.29 is 87.1 Å². The van der Waals surface area contributed by atoms with Gasteiger partial charge in [-0.05, 0) is 167 Å². The van der Waals surface area contributed by atoms with Crippen molar-refractivity contribution in [1.29, 1.82) is 0 Å². The number of carbonyl (C=O) groups excluding carboxylic acids is 1. The third kappa shape index (κ3) is 28.3. The molecule has 436 valence electrons. The van der Waals surface area contributed by atoms with E-state index in [0.717, 1.165) is 24.3 Å². The largest absolute Gasteiger partial charge is 2.00 e. The molecule has 0 heterocycles. The second-order valence-corrected chi connectivity index (χ2v) is 25.0. The Morgan fingerprint density at radius 1 is 0.532 bits per heavy atom. The van der Waals surface area contributed by atoms with Gasteiger partial charge in [-0.1, -0.05) is 56.0 Å². The van der Waals surface area contributed by atoms with Gasteiger partial charge in [0, 0.05) is 23.9 Å². The number of alkyl halides is 12. The van der Waals surface area contributed by atoms with Crippen molar-refractivity contribution in [3.05, 3.63) is 147 Å². The molecule has 0 aliphatic heterocycles. The molecule has 8 nitrogen and oxygen atoms in total. The number of nitrogens with two attached hydrogens (primary N) is 2. The standard InChI is InChI=1S/C14H20F3NOS.C13H16F3NOS.C10H12F3N.C9H7F3O.C4H11NOS.CH4.CH3.BrH.Mg/c1-9-11(7-6-8-12(9)14(15,16)17)10(2)18-20(19)13(3,4)5;1-9-10(8-17-19(18)12(2,3)4)6-5-7-11(9)13(14,15)16;1-6-8(7(2)14)4-3-5-9(6)10(11,12)13;1-6-7(5-13)3-2-4-8(6)9(10,11)12;1-4(2,3)7(5)6;;;;/h6-8,10,18H,1-5H3;5-8H,1-4H3;3-5,7H,14H2,1-2H3;2-5H,1H3;5H2,1-3H3;1H4;1H3;1H;/q;;;;;;-1;;+2/p-1. The van der Waals surface area contributed by atoms with Gasteiger partial charge in [-0.25, -0.2) is 17.3 Å². The Kier molecular flexibility index (Phi) is 36.2. The maximum Gasteiger partial charge on any atom is 2.00 e. The van der Waals surface area contributed by atoms with E-state index in [1.54, 1.807) is 46.8 Å². The molecular weight excluding hydrogens is 1170 g/mol. The Morgan fingerprint density at radius 2 is 0.831 bits per heavy atom. The van der Waals surface area contributed by atoms with Crippen LogP contribution >= 0.6 is 0 Å². The van der Waals surface area contributed by atoms with Crippen molar-refractivity contribution in [3.8, 4) is 0 Å². The molecule has 0 spiro atoms. The van der Waals surface area contributed by atoms with Gasteiger partial charge >= 0.3 is 47.8 Å². The Hall–Kier alpha value is -3.04. The van der Waals surface area contributed by atoms with E-state index < -0.39 is 95.5 Å². The molecule has 0 aromatic heterocycles. The summed E-state index contributed by atoms with van der Waals surface area (Å²) in [6.45, 7) is 25.1. The van der Waals surface area contributed by atoms with E-state index in [1.165, 1.54) is 70.3 Å². The SMILES string of the molecule is C.CC(C)(C)S(N)=O.Cc1c(C(C)N)cccc1C(F)(F)F.Cc1c(C(C)NS(=O)C(C)(C)C)cccc1C(F)(F)F.Cc1c(C=NS(=O)C(C)(C)C)cccc1C(F)(F)F.Cc1c(C=O)cccc1C(F)(F)F.[Br-].[CH3-].[Mg+2]. The van der Waals surface area contributed by atoms with E-state index in [9.17, 15) is 70.1 Å². The summed E-state index contributed by atoms with van der Waals surface area (Å²) in [7, 11) is -4.00. The van der Waals surface area contributed by atoms with E-state index in [4.69, 9.17) is 10.9 Å². The van der Waals surface area contributed by atoms with E-state index in [0.29, 0.717) is 23.0 Å². The monoisotopic (exact) mass is 1240 g/mol. The van der Waals surface area contributed by atoms with Crippen molar-refractivity contribution in [2.75, 3.05) is 0 Å². The average molecular weight is 1250 g/mol. The Balaban J connectivity index is -0.000000285. The van der Waals surface area contributed by atoms with Crippen LogP contribution in [-0.2, 0) is 57.7 Å². The van der Waals surface area contributed by atoms with E-state index in [-0.39, 0.29) is 93.5 Å². The molecule has 5 N–H and O–H groups in total. The first kappa shape index (κ1) is 82.8. The van der Waals surface area contributed by atoms with Gasteiger partial charge in [-0.15, -0.1) is 0 Å². The van der Waals surface area contributed by atoms with Crippen LogP contribution in [0.5, 0.6) is 0 Å². The van der Waals surface area contributed by atoms with Crippen molar-refractivity contribution >= 4 is 68.5 Å². The number of carbonyl (C=O) groups is 1. The van der Waals surface area contributed by atoms with Crippen LogP contribution in [-0.4, -0.2) is 62.4 Å². The molecule has 4 rings (SSSR count). The summed E-state index contributed by atoms with van der Waals surface area (Å²) in [5.41, 5.74) is 4.77. The van der Waals surface area contributed by atoms with Gasteiger partial charge < -0.3 is 30.1 Å². The van der Waals surface area contributed by atoms with Crippen LogP contribution in [0, 0.1) is 35.1 Å². The van der Waals surface area contributed by atoms with Crippen LogP contribution in [0.15, 0.2) is 77.2 Å². The van der Waals surface area contributed by atoms with Crippen LogP contribution in [0.2, 0.25) is 0 Å². The molecule has 0 radical (unpaired) electrons. The van der Waals surface area contributed by atoms with Crippen LogP contribution in [0.4, 0.5) is 52.7 Å². The normalized spacial score (nSPS) is 13.8. The number of hydrogen-bond donors (Lipinski definition) is 3. The summed E-state index contributed by atoms with van der Waals surface area (Å²) in [5.74, 6) is 0. The first-order valence-corrected chi connectivity index (χ1v) is 25.4. The zero-order chi connectivity index (χ0) is 57.6. The maximum absolute atomic E-state index is 12.9. The molecule has 25 heteroatoms. The second kappa shape index (κ2) is 33.6. The Labute approximate surface area is 481 Å². The van der Waals surface area contributed by atoms with Crippen molar-refractivity contribution in [3.63, 3.8) is 0 Å². The minimum Gasteiger partial charge on any atom is -1.00 e. The Bertz CT molecular complexity index is 2550. The zero-order valence-corrected chi connectivity index (χ0v) is 50.8. The topological polar surface area (TPSA) is 145 Å². The van der Waals surface area contributed by atoms with Crippen molar-refractivity contribution in [1.82, 2.24) is 4.72 Å². The number of aldehydes is 1. The van der Waals surface area contributed by atoms with Crippen LogP contribution < -0.4 is 32.6 Å². The number of halogens is 13. The van der Waals surface area contributed by atoms with Crippen molar-refractivity contribution in [2.45, 2.75) is 162 Å². The third-order valence-electron chi connectivity index (χ3n) is 10.1. The van der Waals surface area contributed by atoms with Gasteiger partial charge in [0.1, 0.15) is 17.3 Å². The number of benzene rings is 4. The molecule has 0 aliphatic rings. The first-order valence-electron chi connectivity index (χ1n) is 21.9. The molecule has 77 heavy (non-hydrogen) atoms. The fourth-order valence-corrected chi connectivity index (χ4v) is 7.06. The minimum atomic E-state index is -4.39. The van der Waals surface area contributed by atoms with E-state index in [2.05, 4.69) is 9.12 Å². The molecule has 4 aromatic carbocycles. The summed E-state index contributed by atoms with van der Waals surface area (Å²) >= 11 is 0. The number of nitrogens with one attached hydrogen (secondary N) is 1. The summed E-state index contributed by atoms with van der Waals surface area (Å²) in [6, 6.07) is 14.7. The molecule has 0 amide bonds. The summed E-state index contributed by atoms with van der Waals surface area (Å²) in [6.07, 6.45) is -15.8. The van der Waals surface area contributed by atoms with Gasteiger partial charge in [-0.3, -0.25) is 9.93 Å². The third-order valence-corrected chi connectivity index (χ3v) is 14.3. The summed E-state index contributed by atoms with van der Waals surface area (Å²) < 4.78 is 190. The zero-order valence-electron chi connectivity index (χ0n) is 45.3. The molecule has 0 bridgehead atoms. The van der Waals surface area contributed by atoms with Crippen molar-refractivity contribution in [2.24, 2.45) is 15.3 Å². The quantitative estimate of drug-likeness (QED) is 0.0555. The average Bonchev–Trinajstić information content (AvgIpc) is 3.21. The van der Waals surface area contributed by atoms with Gasteiger partial charge in [0.15, 0.2) is 0 Å². The molecule has 4 aromatic rings. The fourth-order valence-electron chi connectivity index (χ4n) is 5.74. The molecule has 0 saturated heterocycles. The number of hydrogen-bond acceptors (Lipinski definition) is 5. The predicted octanol–water partition coefficient (Wildman–Crippen LogP) is 12.0. The predicted molar refractivity (Wildman–Crippen MR) is 289 cm³/mol. The molecule has 0 saturated carbocycles. The second-order valence-electron chi connectivity index (χ2n) is 19.2. The van der Waals surface area contributed by atoms with Crippen LogP contribution in [0.3, 0.4) is 0 Å². The summed E-state index contributed by atoms with van der Waals surface area (Å²) in [4.78, 5) is 10.3. The van der Waals surface area contributed by atoms with Gasteiger partial charge in [-0.2, -0.15) is 57.1 Å².